The SMILES string of the molecule is CCC1CCC(N2CCCNC(C)CC2)C1C. The molecule has 2 aliphatic rings. The van der Waals surface area contributed by atoms with Crippen LogP contribution in [-0.2, 0) is 0 Å². The fourth-order valence-corrected chi connectivity index (χ4v) is 3.85. The van der Waals surface area contributed by atoms with E-state index in [0.29, 0.717) is 6.04 Å². The molecule has 0 radical (unpaired) electrons. The van der Waals surface area contributed by atoms with E-state index in [0.717, 1.165) is 17.9 Å². The lowest BCUT2D eigenvalue weighted by Gasteiger charge is -2.35. The van der Waals surface area contributed by atoms with Crippen molar-refractivity contribution in [3.8, 4) is 0 Å². The average Bonchev–Trinajstić information content (AvgIpc) is 2.66. The maximum Gasteiger partial charge on any atom is 0.0124 e. The van der Waals surface area contributed by atoms with Crippen molar-refractivity contribution < 1.29 is 0 Å². The maximum atomic E-state index is 3.60. The minimum Gasteiger partial charge on any atom is -0.314 e. The van der Waals surface area contributed by atoms with Gasteiger partial charge in [-0.25, -0.2) is 0 Å². The van der Waals surface area contributed by atoms with Crippen molar-refractivity contribution in [2.45, 2.75) is 65.0 Å². The first-order chi connectivity index (χ1) is 8.22. The van der Waals surface area contributed by atoms with E-state index in [9.17, 15) is 0 Å². The highest BCUT2D eigenvalue weighted by molar-refractivity contribution is 4.89. The van der Waals surface area contributed by atoms with E-state index < -0.39 is 0 Å². The van der Waals surface area contributed by atoms with Crippen molar-refractivity contribution in [3.63, 3.8) is 0 Å². The topological polar surface area (TPSA) is 15.3 Å². The van der Waals surface area contributed by atoms with Crippen molar-refractivity contribution in [1.29, 1.82) is 0 Å². The number of hydrogen-bond acceptors (Lipinski definition) is 2. The standard InChI is InChI=1S/C15H30N2/c1-4-14-6-7-15(13(14)3)17-10-5-9-16-12(2)8-11-17/h12-16H,4-11H2,1-3H3. The molecule has 1 aliphatic carbocycles. The normalized spacial score (nSPS) is 41.1. The summed E-state index contributed by atoms with van der Waals surface area (Å²) in [7, 11) is 0. The Kier molecular flexibility index (Phi) is 4.87. The molecule has 100 valence electrons. The summed E-state index contributed by atoms with van der Waals surface area (Å²) in [4.78, 5) is 2.80. The molecule has 1 aliphatic heterocycles. The third-order valence-electron chi connectivity index (χ3n) is 5.14. The van der Waals surface area contributed by atoms with Crippen LogP contribution in [0.5, 0.6) is 0 Å². The third-order valence-corrected chi connectivity index (χ3v) is 5.14. The van der Waals surface area contributed by atoms with Crippen molar-refractivity contribution in [2.24, 2.45) is 11.8 Å². The minimum absolute atomic E-state index is 0.705. The molecule has 0 amide bonds. The lowest BCUT2D eigenvalue weighted by Crippen LogP contribution is -2.44. The Labute approximate surface area is 107 Å². The Morgan fingerprint density at radius 3 is 2.65 bits per heavy atom. The Bertz CT molecular complexity index is 229. The van der Waals surface area contributed by atoms with E-state index in [2.05, 4.69) is 31.0 Å². The van der Waals surface area contributed by atoms with Crippen LogP contribution in [0.25, 0.3) is 0 Å². The molecule has 0 aromatic carbocycles. The van der Waals surface area contributed by atoms with Gasteiger partial charge in [-0.15, -0.1) is 0 Å². The highest BCUT2D eigenvalue weighted by Gasteiger charge is 2.35. The Balaban J connectivity index is 1.91. The smallest absolute Gasteiger partial charge is 0.0124 e. The van der Waals surface area contributed by atoms with Gasteiger partial charge < -0.3 is 10.2 Å². The van der Waals surface area contributed by atoms with Gasteiger partial charge in [0.25, 0.3) is 0 Å². The lowest BCUT2D eigenvalue weighted by molar-refractivity contribution is 0.137. The van der Waals surface area contributed by atoms with Gasteiger partial charge in [0.15, 0.2) is 0 Å². The number of nitrogens with one attached hydrogen (secondary N) is 1. The summed E-state index contributed by atoms with van der Waals surface area (Å²) in [6.07, 6.45) is 6.93. The molecule has 0 spiro atoms. The van der Waals surface area contributed by atoms with E-state index in [1.54, 1.807) is 0 Å². The summed E-state index contributed by atoms with van der Waals surface area (Å²) in [5.74, 6) is 1.91. The Morgan fingerprint density at radius 2 is 1.94 bits per heavy atom. The molecule has 2 rings (SSSR count). The van der Waals surface area contributed by atoms with Crippen LogP contribution in [0.3, 0.4) is 0 Å². The predicted molar refractivity (Wildman–Crippen MR) is 74.2 cm³/mol. The zero-order valence-corrected chi connectivity index (χ0v) is 11.9. The molecular formula is C15H30N2. The molecule has 1 heterocycles. The predicted octanol–water partition coefficient (Wildman–Crippen LogP) is 2.89. The zero-order chi connectivity index (χ0) is 12.3. The Morgan fingerprint density at radius 1 is 1.12 bits per heavy atom. The highest BCUT2D eigenvalue weighted by atomic mass is 15.2. The quantitative estimate of drug-likeness (QED) is 0.796. The summed E-state index contributed by atoms with van der Waals surface area (Å²) >= 11 is 0. The molecule has 0 aromatic heterocycles. The molecule has 0 bridgehead atoms. The molecule has 17 heavy (non-hydrogen) atoms. The van der Waals surface area contributed by atoms with Crippen LogP contribution < -0.4 is 5.32 Å². The number of hydrogen-bond donors (Lipinski definition) is 1. The summed E-state index contributed by atoms with van der Waals surface area (Å²) in [5.41, 5.74) is 0. The first-order valence-corrected chi connectivity index (χ1v) is 7.69. The minimum atomic E-state index is 0.705. The zero-order valence-electron chi connectivity index (χ0n) is 11.9. The summed E-state index contributed by atoms with van der Waals surface area (Å²) < 4.78 is 0. The van der Waals surface area contributed by atoms with Crippen molar-refractivity contribution in [1.82, 2.24) is 10.2 Å². The van der Waals surface area contributed by atoms with Crippen molar-refractivity contribution in [2.75, 3.05) is 19.6 Å². The van der Waals surface area contributed by atoms with Gasteiger partial charge >= 0.3 is 0 Å². The van der Waals surface area contributed by atoms with Gasteiger partial charge in [-0.2, -0.15) is 0 Å². The summed E-state index contributed by atoms with van der Waals surface area (Å²) in [6.45, 7) is 11.0. The van der Waals surface area contributed by atoms with Crippen LogP contribution in [0.2, 0.25) is 0 Å². The van der Waals surface area contributed by atoms with E-state index >= 15 is 0 Å². The van der Waals surface area contributed by atoms with Crippen LogP contribution in [0.15, 0.2) is 0 Å². The van der Waals surface area contributed by atoms with Gasteiger partial charge in [-0.3, -0.25) is 0 Å². The maximum absolute atomic E-state index is 3.60. The van der Waals surface area contributed by atoms with Crippen LogP contribution in [0.4, 0.5) is 0 Å². The van der Waals surface area contributed by atoms with Gasteiger partial charge in [0, 0.05) is 12.1 Å². The van der Waals surface area contributed by atoms with E-state index in [4.69, 9.17) is 0 Å². The molecule has 4 atom stereocenters. The van der Waals surface area contributed by atoms with E-state index in [1.807, 2.05) is 0 Å². The van der Waals surface area contributed by atoms with Gasteiger partial charge in [0.1, 0.15) is 0 Å². The molecule has 2 fully saturated rings. The first kappa shape index (κ1) is 13.4. The molecular weight excluding hydrogens is 208 g/mol. The van der Waals surface area contributed by atoms with Crippen LogP contribution >= 0.6 is 0 Å². The monoisotopic (exact) mass is 238 g/mol. The third kappa shape index (κ3) is 3.23. The van der Waals surface area contributed by atoms with Crippen molar-refractivity contribution in [3.05, 3.63) is 0 Å². The van der Waals surface area contributed by atoms with Gasteiger partial charge in [0.05, 0.1) is 0 Å². The fourth-order valence-electron chi connectivity index (χ4n) is 3.85. The van der Waals surface area contributed by atoms with E-state index in [-0.39, 0.29) is 0 Å². The largest absolute Gasteiger partial charge is 0.314 e. The molecule has 2 heteroatoms. The molecule has 1 saturated heterocycles. The molecule has 4 unspecified atom stereocenters. The fraction of sp³-hybridized carbons (Fsp3) is 1.00. The summed E-state index contributed by atoms with van der Waals surface area (Å²) in [6, 6.07) is 1.58. The second kappa shape index (κ2) is 6.19. The number of rotatable bonds is 2. The second-order valence-electron chi connectivity index (χ2n) is 6.21. The molecule has 0 aromatic rings. The van der Waals surface area contributed by atoms with E-state index in [1.165, 1.54) is 51.7 Å². The second-order valence-corrected chi connectivity index (χ2v) is 6.21. The van der Waals surface area contributed by atoms with Crippen LogP contribution in [-0.4, -0.2) is 36.6 Å². The van der Waals surface area contributed by atoms with Gasteiger partial charge in [0.2, 0.25) is 0 Å². The van der Waals surface area contributed by atoms with Crippen LogP contribution in [0, 0.1) is 11.8 Å². The first-order valence-electron chi connectivity index (χ1n) is 7.69. The summed E-state index contributed by atoms with van der Waals surface area (Å²) in [5, 5.41) is 3.60. The highest BCUT2D eigenvalue weighted by Crippen LogP contribution is 2.37. The Hall–Kier alpha value is -0.0800. The van der Waals surface area contributed by atoms with Crippen LogP contribution in [0.1, 0.15) is 52.9 Å². The number of nitrogens with zero attached hydrogens (tertiary/aromatic N) is 1. The molecule has 2 nitrogen and oxygen atoms in total. The van der Waals surface area contributed by atoms with Gasteiger partial charge in [-0.1, -0.05) is 20.3 Å². The van der Waals surface area contributed by atoms with Crippen molar-refractivity contribution >= 4 is 0 Å². The lowest BCUT2D eigenvalue weighted by atomic mass is 9.92. The van der Waals surface area contributed by atoms with Gasteiger partial charge in [-0.05, 0) is 64.1 Å². The average molecular weight is 238 g/mol. The molecule has 1 N–H and O–H groups in total. The molecule has 1 saturated carbocycles.